The molecule has 5 nitrogen and oxygen atoms in total. The molecule has 1 aromatic heterocycles. The monoisotopic (exact) mass is 352 g/mol. The molecule has 1 saturated heterocycles. The van der Waals surface area contributed by atoms with Gasteiger partial charge in [-0.2, -0.15) is 0 Å². The Bertz CT molecular complexity index is 725. The Morgan fingerprint density at radius 3 is 2.50 bits per heavy atom. The van der Waals surface area contributed by atoms with Crippen LogP contribution in [0.4, 0.5) is 11.6 Å². The molecular formula is C21H28N4O. The van der Waals surface area contributed by atoms with Gasteiger partial charge in [0.15, 0.2) is 0 Å². The topological polar surface area (TPSA) is 58.1 Å². The Morgan fingerprint density at radius 1 is 1.19 bits per heavy atom. The van der Waals surface area contributed by atoms with Crippen molar-refractivity contribution < 1.29 is 4.79 Å². The maximum Gasteiger partial charge on any atom is 0.258 e. The number of benzene rings is 1. The molecule has 1 amide bonds. The summed E-state index contributed by atoms with van der Waals surface area (Å²) in [4.78, 5) is 23.6. The van der Waals surface area contributed by atoms with Crippen molar-refractivity contribution in [1.29, 1.82) is 0 Å². The van der Waals surface area contributed by atoms with Crippen molar-refractivity contribution in [2.75, 3.05) is 16.8 Å². The third-order valence-electron chi connectivity index (χ3n) is 5.09. The summed E-state index contributed by atoms with van der Waals surface area (Å²) in [6, 6.07) is 8.45. The first kappa shape index (κ1) is 18.4. The summed E-state index contributed by atoms with van der Waals surface area (Å²) in [7, 11) is 0. The number of carbonyl (C=O) groups is 1. The van der Waals surface area contributed by atoms with Gasteiger partial charge in [-0.1, -0.05) is 32.9 Å². The minimum atomic E-state index is -0.181. The van der Waals surface area contributed by atoms with Crippen molar-refractivity contribution in [3.63, 3.8) is 0 Å². The van der Waals surface area contributed by atoms with E-state index in [1.807, 2.05) is 24.3 Å². The molecule has 26 heavy (non-hydrogen) atoms. The summed E-state index contributed by atoms with van der Waals surface area (Å²) in [5.41, 5.74) is 2.51. The van der Waals surface area contributed by atoms with Crippen molar-refractivity contribution in [3.8, 4) is 0 Å². The van der Waals surface area contributed by atoms with E-state index in [4.69, 9.17) is 0 Å². The Balaban J connectivity index is 1.66. The van der Waals surface area contributed by atoms with Crippen LogP contribution in [0.15, 0.2) is 36.7 Å². The van der Waals surface area contributed by atoms with Crippen molar-refractivity contribution in [2.45, 2.75) is 58.4 Å². The third kappa shape index (κ3) is 4.21. The number of rotatable bonds is 5. The van der Waals surface area contributed by atoms with E-state index in [-0.39, 0.29) is 5.91 Å². The van der Waals surface area contributed by atoms with E-state index in [9.17, 15) is 4.79 Å². The van der Waals surface area contributed by atoms with Gasteiger partial charge >= 0.3 is 0 Å². The maximum absolute atomic E-state index is 12.4. The maximum atomic E-state index is 12.4. The highest BCUT2D eigenvalue weighted by Crippen LogP contribution is 2.23. The van der Waals surface area contributed by atoms with Gasteiger partial charge in [0.2, 0.25) is 5.95 Å². The average molecular weight is 352 g/mol. The van der Waals surface area contributed by atoms with Crippen molar-refractivity contribution in [3.05, 3.63) is 47.8 Å². The van der Waals surface area contributed by atoms with Crippen LogP contribution in [0.3, 0.4) is 0 Å². The number of hydrogen-bond donors (Lipinski definition) is 1. The van der Waals surface area contributed by atoms with Gasteiger partial charge in [-0.25, -0.2) is 9.97 Å². The van der Waals surface area contributed by atoms with Gasteiger partial charge in [-0.15, -0.1) is 0 Å². The first-order valence-corrected chi connectivity index (χ1v) is 9.58. The average Bonchev–Trinajstić information content (AvgIpc) is 2.68. The van der Waals surface area contributed by atoms with E-state index in [1.165, 1.54) is 24.8 Å². The first-order chi connectivity index (χ1) is 12.6. The smallest absolute Gasteiger partial charge is 0.258 e. The number of carbonyl (C=O) groups excluding carboxylic acids is 1. The number of aromatic nitrogens is 2. The fraction of sp³-hybridized carbons (Fsp3) is 0.476. The molecule has 3 rings (SSSR count). The Morgan fingerprint density at radius 2 is 1.88 bits per heavy atom. The molecule has 2 aromatic rings. The fourth-order valence-corrected chi connectivity index (χ4v) is 3.43. The van der Waals surface area contributed by atoms with Crippen LogP contribution in [0.1, 0.15) is 68.3 Å². The summed E-state index contributed by atoms with van der Waals surface area (Å²) in [6.07, 6.45) is 7.98. The van der Waals surface area contributed by atoms with Crippen LogP contribution in [-0.2, 0) is 0 Å². The third-order valence-corrected chi connectivity index (χ3v) is 5.09. The molecule has 0 spiro atoms. The molecule has 1 fully saturated rings. The van der Waals surface area contributed by atoms with Crippen LogP contribution >= 0.6 is 0 Å². The number of hydrogen-bond acceptors (Lipinski definition) is 4. The molecular weight excluding hydrogens is 324 g/mol. The van der Waals surface area contributed by atoms with Gasteiger partial charge < -0.3 is 10.2 Å². The summed E-state index contributed by atoms with van der Waals surface area (Å²) in [5, 5.41) is 2.91. The van der Waals surface area contributed by atoms with Crippen LogP contribution in [-0.4, -0.2) is 28.5 Å². The van der Waals surface area contributed by atoms with Crippen LogP contribution in [0.5, 0.6) is 0 Å². The molecule has 1 aliphatic rings. The molecule has 1 unspecified atom stereocenters. The molecule has 0 saturated carbocycles. The minimum Gasteiger partial charge on any atom is -0.338 e. The summed E-state index contributed by atoms with van der Waals surface area (Å²) < 4.78 is 0. The van der Waals surface area contributed by atoms with Gasteiger partial charge in [-0.05, 0) is 49.3 Å². The van der Waals surface area contributed by atoms with Gasteiger partial charge in [0, 0.05) is 30.7 Å². The van der Waals surface area contributed by atoms with Crippen LogP contribution in [0.2, 0.25) is 0 Å². The highest BCUT2D eigenvalue weighted by Gasteiger charge is 2.23. The second-order valence-electron chi connectivity index (χ2n) is 7.25. The molecule has 1 aromatic carbocycles. The van der Waals surface area contributed by atoms with E-state index in [0.717, 1.165) is 24.6 Å². The second-order valence-corrected chi connectivity index (χ2v) is 7.25. The van der Waals surface area contributed by atoms with Crippen LogP contribution in [0.25, 0.3) is 0 Å². The Kier molecular flexibility index (Phi) is 5.86. The molecule has 5 heteroatoms. The molecule has 1 N–H and O–H groups in total. The number of anilines is 2. The number of nitrogens with one attached hydrogen (secondary N) is 1. The lowest BCUT2D eigenvalue weighted by molar-refractivity contribution is 0.102. The molecule has 2 heterocycles. The standard InChI is InChI=1S/C21H28N4O/c1-4-19-7-5-6-12-25(19)21-22-13-17(14-23-21)20(26)24-18-10-8-16(9-11-18)15(2)3/h8-11,13-15,19H,4-7,12H2,1-3H3,(H,24,26). The van der Waals surface area contributed by atoms with Crippen LogP contribution < -0.4 is 10.2 Å². The molecule has 0 aliphatic carbocycles. The summed E-state index contributed by atoms with van der Waals surface area (Å²) in [6.45, 7) is 7.50. The van der Waals surface area contributed by atoms with E-state index in [0.29, 0.717) is 17.5 Å². The van der Waals surface area contributed by atoms with E-state index in [2.05, 4.69) is 41.0 Å². The number of piperidine rings is 1. The fourth-order valence-electron chi connectivity index (χ4n) is 3.43. The zero-order valence-electron chi connectivity index (χ0n) is 15.9. The Hall–Kier alpha value is -2.43. The van der Waals surface area contributed by atoms with E-state index >= 15 is 0 Å². The lowest BCUT2D eigenvalue weighted by Gasteiger charge is -2.35. The normalized spacial score (nSPS) is 17.4. The quantitative estimate of drug-likeness (QED) is 0.853. The molecule has 0 radical (unpaired) electrons. The zero-order valence-corrected chi connectivity index (χ0v) is 15.9. The predicted molar refractivity (Wildman–Crippen MR) is 106 cm³/mol. The van der Waals surface area contributed by atoms with Gasteiger partial charge in [0.05, 0.1) is 5.56 Å². The minimum absolute atomic E-state index is 0.181. The molecule has 138 valence electrons. The van der Waals surface area contributed by atoms with E-state index < -0.39 is 0 Å². The predicted octanol–water partition coefficient (Wildman–Crippen LogP) is 4.62. The van der Waals surface area contributed by atoms with E-state index in [1.54, 1.807) is 12.4 Å². The SMILES string of the molecule is CCC1CCCCN1c1ncc(C(=O)Nc2ccc(C(C)C)cc2)cn1. The zero-order chi connectivity index (χ0) is 18.5. The highest BCUT2D eigenvalue weighted by molar-refractivity contribution is 6.03. The lowest BCUT2D eigenvalue weighted by Crippen LogP contribution is -2.40. The van der Waals surface area contributed by atoms with Gasteiger partial charge in [0.25, 0.3) is 5.91 Å². The second kappa shape index (κ2) is 8.30. The molecule has 0 bridgehead atoms. The Labute approximate surface area is 155 Å². The summed E-state index contributed by atoms with van der Waals surface area (Å²) >= 11 is 0. The number of amides is 1. The van der Waals surface area contributed by atoms with Crippen molar-refractivity contribution >= 4 is 17.5 Å². The van der Waals surface area contributed by atoms with Crippen molar-refractivity contribution in [2.24, 2.45) is 0 Å². The summed E-state index contributed by atoms with van der Waals surface area (Å²) in [5.74, 6) is 1.02. The first-order valence-electron chi connectivity index (χ1n) is 9.58. The van der Waals surface area contributed by atoms with Crippen molar-refractivity contribution in [1.82, 2.24) is 9.97 Å². The highest BCUT2D eigenvalue weighted by atomic mass is 16.1. The van der Waals surface area contributed by atoms with Gasteiger partial charge in [0.1, 0.15) is 0 Å². The van der Waals surface area contributed by atoms with Crippen LogP contribution in [0, 0.1) is 0 Å². The van der Waals surface area contributed by atoms with Gasteiger partial charge in [-0.3, -0.25) is 4.79 Å². The number of nitrogens with zero attached hydrogens (tertiary/aromatic N) is 3. The largest absolute Gasteiger partial charge is 0.338 e. The molecule has 1 atom stereocenters. The lowest BCUT2D eigenvalue weighted by atomic mass is 10.0. The molecule has 1 aliphatic heterocycles.